The van der Waals surface area contributed by atoms with E-state index in [9.17, 15) is 4.79 Å². The average Bonchev–Trinajstić information content (AvgIpc) is 2.85. The molecule has 5 nitrogen and oxygen atoms in total. The van der Waals surface area contributed by atoms with Gasteiger partial charge in [-0.15, -0.1) is 0 Å². The molecule has 1 aromatic rings. The number of nitrogens with zero attached hydrogens (tertiary/aromatic N) is 2. The van der Waals surface area contributed by atoms with E-state index >= 15 is 0 Å². The number of fused-ring (bicyclic) bond motifs is 4. The number of hydrogen-bond donors (Lipinski definition) is 1. The molecule has 0 spiro atoms. The van der Waals surface area contributed by atoms with Crippen LogP contribution < -0.4 is 4.74 Å². The molecule has 2 bridgehead atoms. The minimum Gasteiger partial charge on any atom is -0.497 e. The zero-order chi connectivity index (χ0) is 15.5. The molecule has 1 N–H and O–H groups in total. The van der Waals surface area contributed by atoms with E-state index in [0.717, 1.165) is 38.3 Å². The fraction of sp³-hybridized carbons (Fsp3) is 0.588. The van der Waals surface area contributed by atoms with Crippen LogP contribution >= 0.6 is 0 Å². The lowest BCUT2D eigenvalue weighted by molar-refractivity contribution is -0.138. The van der Waals surface area contributed by atoms with Gasteiger partial charge in [-0.1, -0.05) is 12.1 Å². The first-order chi connectivity index (χ1) is 10.7. The second-order valence-electron chi connectivity index (χ2n) is 6.34. The molecule has 4 rings (SSSR count). The molecule has 3 saturated heterocycles. The molecule has 0 aromatic heterocycles. The smallest absolute Gasteiger partial charge is 0.248 e. The van der Waals surface area contributed by atoms with E-state index in [4.69, 9.17) is 9.84 Å². The summed E-state index contributed by atoms with van der Waals surface area (Å²) in [4.78, 5) is 16.2. The molecule has 22 heavy (non-hydrogen) atoms. The van der Waals surface area contributed by atoms with Gasteiger partial charge >= 0.3 is 0 Å². The SMILES string of the molecule is COc1ccc(CN2C[C@H]3CC[C@@H](C2)N(C(=O)CO)C3)cc1. The zero-order valence-electron chi connectivity index (χ0n) is 13.1. The van der Waals surface area contributed by atoms with Gasteiger partial charge in [0.1, 0.15) is 12.4 Å². The van der Waals surface area contributed by atoms with Gasteiger partial charge in [-0.3, -0.25) is 9.69 Å². The molecule has 0 aliphatic carbocycles. The van der Waals surface area contributed by atoms with E-state index in [-0.39, 0.29) is 18.6 Å². The lowest BCUT2D eigenvalue weighted by Gasteiger charge is -2.35. The lowest BCUT2D eigenvalue weighted by Crippen LogP contribution is -2.48. The molecule has 3 fully saturated rings. The Labute approximate surface area is 131 Å². The van der Waals surface area contributed by atoms with Crippen LogP contribution in [0, 0.1) is 5.92 Å². The summed E-state index contributed by atoms with van der Waals surface area (Å²) in [5.41, 5.74) is 1.27. The number of rotatable bonds is 4. The number of benzene rings is 1. The van der Waals surface area contributed by atoms with Crippen molar-refractivity contribution >= 4 is 5.91 Å². The molecule has 3 aliphatic heterocycles. The normalized spacial score (nSPS) is 25.1. The highest BCUT2D eigenvalue weighted by Gasteiger charge is 2.36. The van der Waals surface area contributed by atoms with Crippen LogP contribution in [0.2, 0.25) is 0 Å². The molecule has 0 unspecified atom stereocenters. The predicted molar refractivity (Wildman–Crippen MR) is 83.6 cm³/mol. The Kier molecular flexibility index (Phi) is 4.64. The van der Waals surface area contributed by atoms with E-state index in [0.29, 0.717) is 5.92 Å². The van der Waals surface area contributed by atoms with Gasteiger partial charge in [0.05, 0.1) is 7.11 Å². The molecule has 3 aliphatic rings. The third-order valence-electron chi connectivity index (χ3n) is 4.81. The van der Waals surface area contributed by atoms with Crippen LogP contribution in [0.3, 0.4) is 0 Å². The standard InChI is InChI=1S/C17H24N2O3/c1-22-16-6-3-13(4-7-16)8-18-9-14-2-5-15(11-18)19(10-14)17(21)12-20/h3-4,6-7,14-15,20H,2,5,8-12H2,1H3/t14-,15+/m1/s1. The number of carbonyl (C=O) groups excluding carboxylic acids is 1. The highest BCUT2D eigenvalue weighted by atomic mass is 16.5. The Morgan fingerprint density at radius 3 is 2.68 bits per heavy atom. The number of ether oxygens (including phenoxy) is 1. The van der Waals surface area contributed by atoms with Crippen LogP contribution in [0.4, 0.5) is 0 Å². The van der Waals surface area contributed by atoms with Gasteiger partial charge in [-0.05, 0) is 36.5 Å². The summed E-state index contributed by atoms with van der Waals surface area (Å²) in [7, 11) is 1.67. The van der Waals surface area contributed by atoms with Gasteiger partial charge < -0.3 is 14.7 Å². The van der Waals surface area contributed by atoms with Crippen molar-refractivity contribution in [1.29, 1.82) is 0 Å². The van der Waals surface area contributed by atoms with Crippen molar-refractivity contribution in [2.24, 2.45) is 5.92 Å². The summed E-state index contributed by atoms with van der Waals surface area (Å²) in [6.07, 6.45) is 2.23. The maximum Gasteiger partial charge on any atom is 0.248 e. The van der Waals surface area contributed by atoms with E-state index in [1.807, 2.05) is 17.0 Å². The summed E-state index contributed by atoms with van der Waals surface area (Å²) in [5, 5.41) is 9.14. The first-order valence-corrected chi connectivity index (χ1v) is 7.95. The van der Waals surface area contributed by atoms with Gasteiger partial charge in [-0.25, -0.2) is 0 Å². The summed E-state index contributed by atoms with van der Waals surface area (Å²) in [6, 6.07) is 8.42. The lowest BCUT2D eigenvalue weighted by atomic mass is 9.95. The first-order valence-electron chi connectivity index (χ1n) is 7.95. The van der Waals surface area contributed by atoms with Crippen molar-refractivity contribution in [1.82, 2.24) is 9.80 Å². The average molecular weight is 304 g/mol. The van der Waals surface area contributed by atoms with Crippen molar-refractivity contribution in [3.8, 4) is 5.75 Å². The number of carbonyl (C=O) groups is 1. The minimum atomic E-state index is -0.373. The minimum absolute atomic E-state index is 0.124. The molecule has 1 amide bonds. The van der Waals surface area contributed by atoms with E-state index in [2.05, 4.69) is 17.0 Å². The summed E-state index contributed by atoms with van der Waals surface area (Å²) < 4.78 is 5.19. The summed E-state index contributed by atoms with van der Waals surface area (Å²) >= 11 is 0. The van der Waals surface area contributed by atoms with Crippen LogP contribution in [-0.2, 0) is 11.3 Å². The number of amides is 1. The Morgan fingerprint density at radius 1 is 1.23 bits per heavy atom. The Morgan fingerprint density at radius 2 is 2.00 bits per heavy atom. The molecule has 120 valence electrons. The molecule has 0 saturated carbocycles. The van der Waals surface area contributed by atoms with Crippen LogP contribution in [0.15, 0.2) is 24.3 Å². The number of aliphatic hydroxyl groups excluding tert-OH is 1. The van der Waals surface area contributed by atoms with Gasteiger partial charge in [0, 0.05) is 32.2 Å². The van der Waals surface area contributed by atoms with Crippen molar-refractivity contribution in [2.45, 2.75) is 25.4 Å². The second kappa shape index (κ2) is 6.67. The number of methoxy groups -OCH3 is 1. The number of aliphatic hydroxyl groups is 1. The quantitative estimate of drug-likeness (QED) is 0.905. The molecular weight excluding hydrogens is 280 g/mol. The third kappa shape index (κ3) is 3.25. The highest BCUT2D eigenvalue weighted by Crippen LogP contribution is 2.29. The molecule has 5 heteroatoms. The van der Waals surface area contributed by atoms with Gasteiger partial charge in [0.2, 0.25) is 5.91 Å². The third-order valence-corrected chi connectivity index (χ3v) is 4.81. The van der Waals surface area contributed by atoms with Crippen LogP contribution in [0.1, 0.15) is 18.4 Å². The Hall–Kier alpha value is -1.59. The van der Waals surface area contributed by atoms with Crippen molar-refractivity contribution < 1.29 is 14.6 Å². The van der Waals surface area contributed by atoms with Gasteiger partial charge in [0.15, 0.2) is 0 Å². The summed E-state index contributed by atoms with van der Waals surface area (Å²) in [5.74, 6) is 1.27. The molecule has 0 radical (unpaired) electrons. The monoisotopic (exact) mass is 304 g/mol. The van der Waals surface area contributed by atoms with Crippen LogP contribution in [0.5, 0.6) is 5.75 Å². The number of hydrogen-bond acceptors (Lipinski definition) is 4. The summed E-state index contributed by atoms with van der Waals surface area (Å²) in [6.45, 7) is 3.25. The van der Waals surface area contributed by atoms with Crippen molar-refractivity contribution in [3.63, 3.8) is 0 Å². The van der Waals surface area contributed by atoms with E-state index < -0.39 is 0 Å². The maximum atomic E-state index is 11.9. The molecule has 2 atom stereocenters. The van der Waals surface area contributed by atoms with Gasteiger partial charge in [0.25, 0.3) is 0 Å². The fourth-order valence-electron chi connectivity index (χ4n) is 3.69. The zero-order valence-corrected chi connectivity index (χ0v) is 13.1. The van der Waals surface area contributed by atoms with Crippen molar-refractivity contribution in [2.75, 3.05) is 33.4 Å². The van der Waals surface area contributed by atoms with E-state index in [1.54, 1.807) is 7.11 Å². The van der Waals surface area contributed by atoms with Crippen LogP contribution in [-0.4, -0.2) is 60.2 Å². The topological polar surface area (TPSA) is 53.0 Å². The van der Waals surface area contributed by atoms with E-state index in [1.165, 1.54) is 12.0 Å². The highest BCUT2D eigenvalue weighted by molar-refractivity contribution is 5.77. The molecule has 3 heterocycles. The molecule has 1 aromatic carbocycles. The van der Waals surface area contributed by atoms with Gasteiger partial charge in [-0.2, -0.15) is 0 Å². The first kappa shape index (κ1) is 15.3. The fourth-order valence-corrected chi connectivity index (χ4v) is 3.69. The largest absolute Gasteiger partial charge is 0.497 e. The Bertz CT molecular complexity index is 517. The Balaban J connectivity index is 1.67. The molecular formula is C17H24N2O3. The number of piperidine rings is 1. The second-order valence-corrected chi connectivity index (χ2v) is 6.34. The van der Waals surface area contributed by atoms with Crippen LogP contribution in [0.25, 0.3) is 0 Å². The van der Waals surface area contributed by atoms with Crippen molar-refractivity contribution in [3.05, 3.63) is 29.8 Å². The predicted octanol–water partition coefficient (Wildman–Crippen LogP) is 1.11. The maximum absolute atomic E-state index is 11.9.